The standard InChI is InChI=1S/C14H28N2O/c1-10(2)6-12(9-15)8-14(17)16-13-5-4-11(3)7-13/h10-13H,4-9,15H2,1-3H3,(H,16,17). The Morgan fingerprint density at radius 2 is 2.12 bits per heavy atom. The number of hydrogen-bond acceptors (Lipinski definition) is 2. The van der Waals surface area contributed by atoms with Gasteiger partial charge in [-0.05, 0) is 50.0 Å². The zero-order valence-corrected chi connectivity index (χ0v) is 11.5. The van der Waals surface area contributed by atoms with E-state index in [9.17, 15) is 4.79 Å². The normalized spacial score (nSPS) is 26.2. The molecule has 0 aromatic heterocycles. The molecular weight excluding hydrogens is 212 g/mol. The van der Waals surface area contributed by atoms with E-state index in [0.717, 1.165) is 25.2 Å². The SMILES string of the molecule is CC(C)CC(CN)CC(=O)NC1CCC(C)C1. The van der Waals surface area contributed by atoms with Crippen LogP contribution >= 0.6 is 0 Å². The summed E-state index contributed by atoms with van der Waals surface area (Å²) >= 11 is 0. The molecule has 1 saturated carbocycles. The van der Waals surface area contributed by atoms with Crippen LogP contribution in [0.15, 0.2) is 0 Å². The molecule has 1 rings (SSSR count). The Bertz CT molecular complexity index is 240. The Morgan fingerprint density at radius 1 is 1.41 bits per heavy atom. The van der Waals surface area contributed by atoms with Crippen molar-refractivity contribution in [2.45, 2.75) is 58.9 Å². The van der Waals surface area contributed by atoms with E-state index in [1.54, 1.807) is 0 Å². The molecule has 0 aromatic rings. The summed E-state index contributed by atoms with van der Waals surface area (Å²) in [5, 5.41) is 3.15. The van der Waals surface area contributed by atoms with Crippen molar-refractivity contribution >= 4 is 5.91 Å². The van der Waals surface area contributed by atoms with Crippen molar-refractivity contribution in [3.63, 3.8) is 0 Å². The van der Waals surface area contributed by atoms with E-state index >= 15 is 0 Å². The molecule has 3 N–H and O–H groups in total. The first-order valence-corrected chi connectivity index (χ1v) is 7.00. The maximum atomic E-state index is 11.9. The van der Waals surface area contributed by atoms with Crippen LogP contribution in [0.1, 0.15) is 52.9 Å². The lowest BCUT2D eigenvalue weighted by Crippen LogP contribution is -2.35. The van der Waals surface area contributed by atoms with Gasteiger partial charge >= 0.3 is 0 Å². The van der Waals surface area contributed by atoms with Gasteiger partial charge in [-0.25, -0.2) is 0 Å². The molecule has 0 radical (unpaired) electrons. The van der Waals surface area contributed by atoms with E-state index < -0.39 is 0 Å². The molecule has 0 spiro atoms. The van der Waals surface area contributed by atoms with Gasteiger partial charge in [-0.2, -0.15) is 0 Å². The summed E-state index contributed by atoms with van der Waals surface area (Å²) < 4.78 is 0. The lowest BCUT2D eigenvalue weighted by atomic mass is 9.94. The minimum Gasteiger partial charge on any atom is -0.353 e. The third-order valence-electron chi connectivity index (χ3n) is 3.67. The zero-order chi connectivity index (χ0) is 12.8. The highest BCUT2D eigenvalue weighted by molar-refractivity contribution is 5.76. The molecule has 1 fully saturated rings. The number of rotatable bonds is 6. The van der Waals surface area contributed by atoms with Gasteiger partial charge < -0.3 is 11.1 Å². The third kappa shape index (κ3) is 5.53. The smallest absolute Gasteiger partial charge is 0.220 e. The fourth-order valence-electron chi connectivity index (χ4n) is 2.82. The third-order valence-corrected chi connectivity index (χ3v) is 3.67. The van der Waals surface area contributed by atoms with Gasteiger partial charge in [0, 0.05) is 12.5 Å². The zero-order valence-electron chi connectivity index (χ0n) is 11.5. The number of carbonyl (C=O) groups is 1. The summed E-state index contributed by atoms with van der Waals surface area (Å²) in [6.07, 6.45) is 5.18. The summed E-state index contributed by atoms with van der Waals surface area (Å²) in [6, 6.07) is 0.412. The summed E-state index contributed by atoms with van der Waals surface area (Å²) in [5.74, 6) is 1.91. The molecule has 0 bridgehead atoms. The number of amides is 1. The number of carbonyl (C=O) groups excluding carboxylic acids is 1. The first-order valence-electron chi connectivity index (χ1n) is 7.00. The van der Waals surface area contributed by atoms with Crippen LogP contribution in [0.25, 0.3) is 0 Å². The Morgan fingerprint density at radius 3 is 2.59 bits per heavy atom. The van der Waals surface area contributed by atoms with Crippen LogP contribution in [0, 0.1) is 17.8 Å². The molecular formula is C14H28N2O. The quantitative estimate of drug-likeness (QED) is 0.748. The molecule has 1 aliphatic carbocycles. The largest absolute Gasteiger partial charge is 0.353 e. The van der Waals surface area contributed by atoms with Crippen LogP contribution in [-0.2, 0) is 4.79 Å². The number of nitrogens with two attached hydrogens (primary N) is 1. The van der Waals surface area contributed by atoms with Gasteiger partial charge in [0.25, 0.3) is 0 Å². The Balaban J connectivity index is 2.27. The van der Waals surface area contributed by atoms with Crippen LogP contribution in [0.2, 0.25) is 0 Å². The molecule has 1 aliphatic rings. The molecule has 3 heteroatoms. The van der Waals surface area contributed by atoms with E-state index in [1.807, 2.05) is 0 Å². The van der Waals surface area contributed by atoms with Gasteiger partial charge in [-0.1, -0.05) is 20.8 Å². The van der Waals surface area contributed by atoms with Crippen LogP contribution in [0.5, 0.6) is 0 Å². The van der Waals surface area contributed by atoms with E-state index in [4.69, 9.17) is 5.73 Å². The summed E-state index contributed by atoms with van der Waals surface area (Å²) in [5.41, 5.74) is 5.72. The summed E-state index contributed by atoms with van der Waals surface area (Å²) in [4.78, 5) is 11.9. The van der Waals surface area contributed by atoms with Gasteiger partial charge in [-0.15, -0.1) is 0 Å². The van der Waals surface area contributed by atoms with E-state index in [0.29, 0.717) is 30.8 Å². The molecule has 1 amide bonds. The molecule has 0 aliphatic heterocycles. The molecule has 100 valence electrons. The van der Waals surface area contributed by atoms with E-state index in [1.165, 1.54) is 6.42 Å². The second-order valence-corrected chi connectivity index (χ2v) is 6.12. The second kappa shape index (κ2) is 7.00. The maximum Gasteiger partial charge on any atom is 0.220 e. The van der Waals surface area contributed by atoms with Crippen molar-refractivity contribution in [1.82, 2.24) is 5.32 Å². The topological polar surface area (TPSA) is 55.1 Å². The highest BCUT2D eigenvalue weighted by atomic mass is 16.1. The van der Waals surface area contributed by atoms with Crippen molar-refractivity contribution in [3.05, 3.63) is 0 Å². The Kier molecular flexibility index (Phi) is 5.96. The highest BCUT2D eigenvalue weighted by Crippen LogP contribution is 2.25. The lowest BCUT2D eigenvalue weighted by Gasteiger charge is -2.18. The summed E-state index contributed by atoms with van der Waals surface area (Å²) in [6.45, 7) is 7.23. The van der Waals surface area contributed by atoms with Crippen molar-refractivity contribution < 1.29 is 4.79 Å². The first-order chi connectivity index (χ1) is 8.01. The van der Waals surface area contributed by atoms with Crippen LogP contribution in [-0.4, -0.2) is 18.5 Å². The average molecular weight is 240 g/mol. The molecule has 3 nitrogen and oxygen atoms in total. The van der Waals surface area contributed by atoms with Crippen LogP contribution < -0.4 is 11.1 Å². The van der Waals surface area contributed by atoms with E-state index in [2.05, 4.69) is 26.1 Å². The minimum absolute atomic E-state index is 0.195. The Hall–Kier alpha value is -0.570. The fraction of sp³-hybridized carbons (Fsp3) is 0.929. The monoisotopic (exact) mass is 240 g/mol. The summed E-state index contributed by atoms with van der Waals surface area (Å²) in [7, 11) is 0. The molecule has 0 saturated heterocycles. The van der Waals surface area contributed by atoms with Crippen molar-refractivity contribution in [2.24, 2.45) is 23.5 Å². The molecule has 3 atom stereocenters. The Labute approximate surface area is 106 Å². The van der Waals surface area contributed by atoms with Gasteiger partial charge in [0.15, 0.2) is 0 Å². The lowest BCUT2D eigenvalue weighted by molar-refractivity contribution is -0.122. The maximum absolute atomic E-state index is 11.9. The average Bonchev–Trinajstić information content (AvgIpc) is 2.62. The van der Waals surface area contributed by atoms with Gasteiger partial charge in [-0.3, -0.25) is 4.79 Å². The van der Waals surface area contributed by atoms with Crippen LogP contribution in [0.4, 0.5) is 0 Å². The first kappa shape index (κ1) is 14.5. The fourth-order valence-corrected chi connectivity index (χ4v) is 2.82. The second-order valence-electron chi connectivity index (χ2n) is 6.12. The predicted octanol–water partition coefficient (Wildman–Crippen LogP) is 2.30. The van der Waals surface area contributed by atoms with Crippen molar-refractivity contribution in [3.8, 4) is 0 Å². The highest BCUT2D eigenvalue weighted by Gasteiger charge is 2.23. The van der Waals surface area contributed by atoms with Gasteiger partial charge in [0.1, 0.15) is 0 Å². The molecule has 17 heavy (non-hydrogen) atoms. The molecule has 0 heterocycles. The van der Waals surface area contributed by atoms with Crippen LogP contribution in [0.3, 0.4) is 0 Å². The number of nitrogens with one attached hydrogen (secondary N) is 1. The van der Waals surface area contributed by atoms with E-state index in [-0.39, 0.29) is 5.91 Å². The minimum atomic E-state index is 0.195. The van der Waals surface area contributed by atoms with Crippen molar-refractivity contribution in [2.75, 3.05) is 6.54 Å². The number of hydrogen-bond donors (Lipinski definition) is 2. The van der Waals surface area contributed by atoms with Crippen molar-refractivity contribution in [1.29, 1.82) is 0 Å². The van der Waals surface area contributed by atoms with Gasteiger partial charge in [0.2, 0.25) is 5.91 Å². The molecule has 3 unspecified atom stereocenters. The predicted molar refractivity (Wildman–Crippen MR) is 71.6 cm³/mol. The van der Waals surface area contributed by atoms with Gasteiger partial charge in [0.05, 0.1) is 0 Å². The molecule has 0 aromatic carbocycles.